The van der Waals surface area contributed by atoms with Crippen LogP contribution >= 0.6 is 11.6 Å². The van der Waals surface area contributed by atoms with E-state index in [0.29, 0.717) is 28.4 Å². The molecule has 0 bridgehead atoms. The van der Waals surface area contributed by atoms with Crippen molar-refractivity contribution < 1.29 is 18.5 Å². The highest BCUT2D eigenvalue weighted by Crippen LogP contribution is 2.46. The molecule has 1 N–H and O–H groups in total. The molecule has 0 radical (unpaired) electrons. The summed E-state index contributed by atoms with van der Waals surface area (Å²) in [5, 5.41) is 6.51. The van der Waals surface area contributed by atoms with Crippen LogP contribution in [0.25, 0.3) is 11.1 Å². The van der Waals surface area contributed by atoms with Crippen molar-refractivity contribution in [1.29, 1.82) is 0 Å². The molecule has 9 heteroatoms. The van der Waals surface area contributed by atoms with Gasteiger partial charge in [0.1, 0.15) is 11.6 Å². The maximum Gasteiger partial charge on any atom is 0.238 e. The number of halogens is 2. The molecule has 2 saturated carbocycles. The van der Waals surface area contributed by atoms with Crippen molar-refractivity contribution in [3.63, 3.8) is 0 Å². The smallest absolute Gasteiger partial charge is 0.238 e. The monoisotopic (exact) mass is 468 g/mol. The number of rotatable bonds is 8. The Labute approximate surface area is 194 Å². The van der Waals surface area contributed by atoms with Gasteiger partial charge in [0.2, 0.25) is 23.4 Å². The van der Waals surface area contributed by atoms with Gasteiger partial charge in [-0.05, 0) is 55.4 Å². The van der Waals surface area contributed by atoms with Gasteiger partial charge in [0, 0.05) is 29.5 Å². The maximum atomic E-state index is 15.1. The summed E-state index contributed by atoms with van der Waals surface area (Å²) >= 11 is 6.30. The molecule has 0 unspecified atom stereocenters. The zero-order valence-corrected chi connectivity index (χ0v) is 18.8. The number of aromatic nitrogens is 3. The van der Waals surface area contributed by atoms with Crippen molar-refractivity contribution in [3.8, 4) is 11.1 Å². The molecule has 2 aliphatic rings. The lowest BCUT2D eigenvalue weighted by atomic mass is 10.0. The molecule has 1 aromatic carbocycles. The molecular weight excluding hydrogens is 447 g/mol. The molecule has 3 aromatic rings. The molecule has 2 heterocycles. The fraction of sp³-hybridized carbons (Fsp3) is 0.375. The van der Waals surface area contributed by atoms with Crippen LogP contribution in [0.4, 0.5) is 10.2 Å². The summed E-state index contributed by atoms with van der Waals surface area (Å²) in [4.78, 5) is 32.8. The number of nitrogens with zero attached hydrogens (tertiary/aromatic N) is 3. The average molecular weight is 469 g/mol. The number of amides is 1. The minimum atomic E-state index is -0.587. The van der Waals surface area contributed by atoms with Crippen LogP contribution in [0.1, 0.15) is 61.1 Å². The van der Waals surface area contributed by atoms with E-state index >= 15 is 4.39 Å². The number of anilines is 1. The minimum absolute atomic E-state index is 0.0412. The second-order valence-corrected chi connectivity index (χ2v) is 9.38. The summed E-state index contributed by atoms with van der Waals surface area (Å²) in [5.74, 6) is 0.00993. The Morgan fingerprint density at radius 2 is 2.06 bits per heavy atom. The lowest BCUT2D eigenvalue weighted by Crippen LogP contribution is -2.14. The van der Waals surface area contributed by atoms with Gasteiger partial charge in [0.05, 0.1) is 5.02 Å². The van der Waals surface area contributed by atoms with E-state index in [1.165, 1.54) is 6.20 Å². The van der Waals surface area contributed by atoms with Crippen molar-refractivity contribution in [2.75, 3.05) is 5.32 Å². The largest absolute Gasteiger partial charge is 0.338 e. The van der Waals surface area contributed by atoms with Crippen LogP contribution in [0.3, 0.4) is 0 Å². The quantitative estimate of drug-likeness (QED) is 0.460. The first-order valence-corrected chi connectivity index (χ1v) is 11.3. The van der Waals surface area contributed by atoms with Crippen LogP contribution in [0.5, 0.6) is 0 Å². The fourth-order valence-corrected chi connectivity index (χ4v) is 3.85. The first kappa shape index (κ1) is 21.7. The van der Waals surface area contributed by atoms with E-state index in [-0.39, 0.29) is 46.7 Å². The number of aryl methyl sites for hydroxylation is 1. The van der Waals surface area contributed by atoms with Crippen molar-refractivity contribution in [3.05, 3.63) is 58.6 Å². The number of carbonyl (C=O) groups excluding carboxylic acids is 2. The van der Waals surface area contributed by atoms with E-state index in [4.69, 9.17) is 16.1 Å². The topological polar surface area (TPSA) is 98.0 Å². The van der Waals surface area contributed by atoms with Gasteiger partial charge >= 0.3 is 0 Å². The third kappa shape index (κ3) is 4.53. The van der Waals surface area contributed by atoms with E-state index in [0.717, 1.165) is 25.7 Å². The number of ketones is 1. The number of hydrogen-bond donors (Lipinski definition) is 1. The van der Waals surface area contributed by atoms with Crippen LogP contribution in [0.15, 0.2) is 35.0 Å². The molecule has 0 saturated heterocycles. The average Bonchev–Trinajstić information content (AvgIpc) is 3.73. The van der Waals surface area contributed by atoms with E-state index < -0.39 is 5.82 Å². The van der Waals surface area contributed by atoms with Gasteiger partial charge in [0.25, 0.3) is 0 Å². The molecule has 1 amide bonds. The molecule has 0 aliphatic heterocycles. The Morgan fingerprint density at radius 1 is 1.27 bits per heavy atom. The van der Waals surface area contributed by atoms with Gasteiger partial charge in [-0.2, -0.15) is 4.98 Å². The van der Waals surface area contributed by atoms with E-state index in [1.54, 1.807) is 24.3 Å². The van der Waals surface area contributed by atoms with E-state index in [1.807, 2.05) is 6.92 Å². The fourth-order valence-electron chi connectivity index (χ4n) is 3.59. The summed E-state index contributed by atoms with van der Waals surface area (Å²) in [5.41, 5.74) is 1.24. The summed E-state index contributed by atoms with van der Waals surface area (Å²) in [6.07, 6.45) is 5.54. The molecule has 33 heavy (non-hydrogen) atoms. The van der Waals surface area contributed by atoms with Crippen LogP contribution in [0, 0.1) is 11.7 Å². The van der Waals surface area contributed by atoms with Gasteiger partial charge < -0.3 is 9.84 Å². The van der Waals surface area contributed by atoms with E-state index in [9.17, 15) is 9.59 Å². The maximum absolute atomic E-state index is 15.1. The van der Waals surface area contributed by atoms with Gasteiger partial charge in [-0.3, -0.25) is 9.59 Å². The molecule has 170 valence electrons. The Morgan fingerprint density at radius 3 is 2.79 bits per heavy atom. The first-order chi connectivity index (χ1) is 15.8. The summed E-state index contributed by atoms with van der Waals surface area (Å²) in [7, 11) is 0. The Hall–Kier alpha value is -3.13. The zero-order chi connectivity index (χ0) is 23.2. The van der Waals surface area contributed by atoms with Gasteiger partial charge in [-0.15, -0.1) is 0 Å². The number of nitrogens with one attached hydrogen (secondary N) is 1. The molecule has 2 aromatic heterocycles. The number of Topliss-reactive ketones (excluding diaryl/α,β-unsaturated/α-hetero) is 1. The number of hydrogen-bond acceptors (Lipinski definition) is 6. The predicted octanol–water partition coefficient (Wildman–Crippen LogP) is 5.14. The van der Waals surface area contributed by atoms with Gasteiger partial charge in [-0.1, -0.05) is 35.8 Å². The highest BCUT2D eigenvalue weighted by Gasteiger charge is 2.44. The second-order valence-electron chi connectivity index (χ2n) is 9.00. The predicted molar refractivity (Wildman–Crippen MR) is 120 cm³/mol. The van der Waals surface area contributed by atoms with Crippen molar-refractivity contribution >= 4 is 29.1 Å². The second kappa shape index (κ2) is 8.33. The summed E-state index contributed by atoms with van der Waals surface area (Å²) in [6.45, 7) is 2.02. The van der Waals surface area contributed by atoms with Crippen molar-refractivity contribution in [2.45, 2.75) is 50.9 Å². The van der Waals surface area contributed by atoms with Crippen molar-refractivity contribution in [2.24, 2.45) is 5.92 Å². The SMILES string of the molecule is CC1(c2nc(C(=O)CCc3ccc(-c4ccnc(NC(=O)C5CC5)c4)c(F)c3Cl)no2)CC1. The molecular formula is C24H22ClFN4O3. The van der Waals surface area contributed by atoms with Crippen LogP contribution < -0.4 is 5.32 Å². The molecule has 2 aliphatic carbocycles. The van der Waals surface area contributed by atoms with Crippen LogP contribution in [0.2, 0.25) is 5.02 Å². The standard InChI is InChI=1S/C24H22ClFN4O3/c1-24(9-10-24)23-29-21(30-33-23)17(31)7-5-13-4-6-16(20(26)19(13)25)15-8-11-27-18(12-15)28-22(32)14-2-3-14/h4,6,8,11-12,14H,2-3,5,7,9-10H2,1H3,(H,27,28,32). The Kier molecular flexibility index (Phi) is 5.48. The van der Waals surface area contributed by atoms with Gasteiger partial charge in [0.15, 0.2) is 0 Å². The lowest BCUT2D eigenvalue weighted by Gasteiger charge is -2.11. The molecule has 5 rings (SSSR count). The highest BCUT2D eigenvalue weighted by atomic mass is 35.5. The third-order valence-corrected chi connectivity index (χ3v) is 6.65. The molecule has 7 nitrogen and oxygen atoms in total. The first-order valence-electron chi connectivity index (χ1n) is 11.0. The van der Waals surface area contributed by atoms with Crippen LogP contribution in [-0.4, -0.2) is 26.8 Å². The summed E-state index contributed by atoms with van der Waals surface area (Å²) in [6, 6.07) is 6.58. The Bertz CT molecular complexity index is 1250. The van der Waals surface area contributed by atoms with Crippen LogP contribution in [-0.2, 0) is 16.6 Å². The number of pyridine rings is 1. The highest BCUT2D eigenvalue weighted by molar-refractivity contribution is 6.31. The molecule has 2 fully saturated rings. The molecule has 0 spiro atoms. The lowest BCUT2D eigenvalue weighted by molar-refractivity contribution is -0.117. The Balaban J connectivity index is 1.28. The van der Waals surface area contributed by atoms with Gasteiger partial charge in [-0.25, -0.2) is 9.37 Å². The normalized spacial score (nSPS) is 16.5. The van der Waals surface area contributed by atoms with Crippen molar-refractivity contribution in [1.82, 2.24) is 15.1 Å². The number of benzene rings is 1. The third-order valence-electron chi connectivity index (χ3n) is 6.25. The number of carbonyl (C=O) groups is 2. The summed E-state index contributed by atoms with van der Waals surface area (Å²) < 4.78 is 20.3. The molecule has 0 atom stereocenters. The minimum Gasteiger partial charge on any atom is -0.338 e. The zero-order valence-electron chi connectivity index (χ0n) is 18.0. The van der Waals surface area contributed by atoms with E-state index in [2.05, 4.69) is 20.4 Å².